The summed E-state index contributed by atoms with van der Waals surface area (Å²) in [4.78, 5) is 7.13. The van der Waals surface area contributed by atoms with E-state index in [0.29, 0.717) is 5.89 Å². The summed E-state index contributed by atoms with van der Waals surface area (Å²) in [6.07, 6.45) is 0. The Morgan fingerprint density at radius 1 is 0.465 bits per heavy atom. The molecule has 0 unspecified atom stereocenters. The average Bonchev–Trinajstić information content (AvgIpc) is 3.66. The Bertz CT molecular complexity index is 2360. The van der Waals surface area contributed by atoms with Crippen molar-refractivity contribution in [3.63, 3.8) is 0 Å². The third kappa shape index (κ3) is 3.74. The van der Waals surface area contributed by atoms with Gasteiger partial charge in [-0.3, -0.25) is 0 Å². The second kappa shape index (κ2) is 9.33. The lowest BCUT2D eigenvalue weighted by Gasteiger charge is -2.28. The van der Waals surface area contributed by atoms with Gasteiger partial charge in [0.2, 0.25) is 5.89 Å². The number of nitrogens with zero attached hydrogens (tertiary/aromatic N) is 2. The van der Waals surface area contributed by atoms with Crippen molar-refractivity contribution in [3.05, 3.63) is 146 Å². The fourth-order valence-corrected chi connectivity index (χ4v) is 6.33. The lowest BCUT2D eigenvalue weighted by molar-refractivity contribution is 0.620. The van der Waals surface area contributed by atoms with Gasteiger partial charge >= 0.3 is 0 Å². The van der Waals surface area contributed by atoms with Gasteiger partial charge < -0.3 is 13.7 Å². The zero-order valence-electron chi connectivity index (χ0n) is 23.1. The number of hydrogen-bond donors (Lipinski definition) is 0. The molecule has 0 atom stereocenters. The van der Waals surface area contributed by atoms with Gasteiger partial charge in [0.25, 0.3) is 0 Å². The molecule has 7 aromatic carbocycles. The largest absolute Gasteiger partial charge is 0.456 e. The lowest BCUT2D eigenvalue weighted by Crippen LogP contribution is -2.11. The van der Waals surface area contributed by atoms with E-state index in [-0.39, 0.29) is 0 Å². The van der Waals surface area contributed by atoms with Crippen molar-refractivity contribution in [2.45, 2.75) is 0 Å². The molecule has 0 aliphatic rings. The minimum atomic E-state index is 0.590. The van der Waals surface area contributed by atoms with Crippen LogP contribution in [0, 0.1) is 0 Å². The molecule has 2 aromatic heterocycles. The number of aromatic nitrogens is 1. The van der Waals surface area contributed by atoms with Gasteiger partial charge in [-0.15, -0.1) is 0 Å². The number of para-hydroxylation sites is 2. The summed E-state index contributed by atoms with van der Waals surface area (Å²) in [5.41, 5.74) is 7.36. The number of anilines is 3. The summed E-state index contributed by atoms with van der Waals surface area (Å²) >= 11 is 0. The van der Waals surface area contributed by atoms with Crippen molar-refractivity contribution in [2.75, 3.05) is 4.90 Å². The standard InChI is InChI=1S/C39H24N2O2/c1-3-14-28-25(10-1)12-7-18-33(28)41(34-19-8-13-26-11-2-4-15-29(26)34)27-22-23-30-37(24-27)42-36-21-9-16-31(38(30)36)39-40-32-17-5-6-20-35(32)43-39/h1-24H. The maximum atomic E-state index is 6.53. The Hall–Kier alpha value is -5.87. The van der Waals surface area contributed by atoms with Crippen molar-refractivity contribution in [2.24, 2.45) is 0 Å². The summed E-state index contributed by atoms with van der Waals surface area (Å²) < 4.78 is 12.7. The fraction of sp³-hybridized carbons (Fsp3) is 0. The summed E-state index contributed by atoms with van der Waals surface area (Å²) in [5, 5.41) is 6.77. The van der Waals surface area contributed by atoms with Crippen LogP contribution in [0.2, 0.25) is 0 Å². The number of benzene rings is 7. The van der Waals surface area contributed by atoms with Gasteiger partial charge in [0.15, 0.2) is 5.58 Å². The molecule has 0 amide bonds. The zero-order valence-corrected chi connectivity index (χ0v) is 23.1. The van der Waals surface area contributed by atoms with Crippen LogP contribution in [0.25, 0.3) is 66.0 Å². The third-order valence-electron chi connectivity index (χ3n) is 8.28. The Morgan fingerprint density at radius 3 is 1.84 bits per heavy atom. The highest BCUT2D eigenvalue weighted by Crippen LogP contribution is 2.44. The normalized spacial score (nSPS) is 11.7. The molecule has 0 aliphatic carbocycles. The number of oxazole rings is 1. The maximum absolute atomic E-state index is 6.53. The molecule has 9 aromatic rings. The molecule has 202 valence electrons. The Morgan fingerprint density at radius 2 is 1.09 bits per heavy atom. The number of hydrogen-bond acceptors (Lipinski definition) is 4. The molecule has 2 heterocycles. The number of rotatable bonds is 4. The van der Waals surface area contributed by atoms with Crippen LogP contribution >= 0.6 is 0 Å². The smallest absolute Gasteiger partial charge is 0.228 e. The first-order chi connectivity index (χ1) is 21.3. The van der Waals surface area contributed by atoms with E-state index < -0.39 is 0 Å². The van der Waals surface area contributed by atoms with E-state index in [1.165, 1.54) is 21.5 Å². The zero-order chi connectivity index (χ0) is 28.3. The van der Waals surface area contributed by atoms with Crippen molar-refractivity contribution in [3.8, 4) is 11.5 Å². The Balaban J connectivity index is 1.29. The molecule has 0 bridgehead atoms. The molecule has 0 fully saturated rings. The van der Waals surface area contributed by atoms with E-state index in [1.54, 1.807) is 0 Å². The van der Waals surface area contributed by atoms with Crippen LogP contribution in [0.1, 0.15) is 0 Å². The summed E-state index contributed by atoms with van der Waals surface area (Å²) in [6.45, 7) is 0. The predicted molar refractivity (Wildman–Crippen MR) is 176 cm³/mol. The quantitative estimate of drug-likeness (QED) is 0.218. The van der Waals surface area contributed by atoms with E-state index in [1.807, 2.05) is 36.4 Å². The number of fused-ring (bicyclic) bond motifs is 6. The molecule has 0 saturated carbocycles. The molecule has 0 aliphatic heterocycles. The molecule has 0 radical (unpaired) electrons. The first-order valence-corrected chi connectivity index (χ1v) is 14.4. The van der Waals surface area contributed by atoms with E-state index in [4.69, 9.17) is 13.8 Å². The Kier molecular flexibility index (Phi) is 5.16. The van der Waals surface area contributed by atoms with E-state index in [0.717, 1.165) is 55.7 Å². The summed E-state index contributed by atoms with van der Waals surface area (Å²) in [7, 11) is 0. The molecule has 0 N–H and O–H groups in total. The minimum Gasteiger partial charge on any atom is -0.456 e. The molecule has 4 heteroatoms. The molecule has 0 spiro atoms. The Labute approximate surface area is 247 Å². The van der Waals surface area contributed by atoms with Crippen molar-refractivity contribution in [1.29, 1.82) is 0 Å². The average molecular weight is 553 g/mol. The first-order valence-electron chi connectivity index (χ1n) is 14.4. The van der Waals surface area contributed by atoms with E-state index >= 15 is 0 Å². The molecule has 0 saturated heterocycles. The maximum Gasteiger partial charge on any atom is 0.228 e. The van der Waals surface area contributed by atoms with Crippen molar-refractivity contribution >= 4 is 71.6 Å². The van der Waals surface area contributed by atoms with Gasteiger partial charge in [-0.05, 0) is 59.3 Å². The van der Waals surface area contributed by atoms with Gasteiger partial charge in [-0.2, -0.15) is 0 Å². The predicted octanol–water partition coefficient (Wildman–Crippen LogP) is 11.2. The summed E-state index contributed by atoms with van der Waals surface area (Å²) in [5.74, 6) is 0.590. The highest BCUT2D eigenvalue weighted by molar-refractivity contribution is 6.13. The minimum absolute atomic E-state index is 0.590. The first kappa shape index (κ1) is 23.8. The van der Waals surface area contributed by atoms with Crippen molar-refractivity contribution < 1.29 is 8.83 Å². The summed E-state index contributed by atoms with van der Waals surface area (Å²) in [6, 6.07) is 50.4. The van der Waals surface area contributed by atoms with Crippen LogP contribution in [0.15, 0.2) is 154 Å². The van der Waals surface area contributed by atoms with Crippen LogP contribution in [0.5, 0.6) is 0 Å². The lowest BCUT2D eigenvalue weighted by atomic mass is 10.0. The van der Waals surface area contributed by atoms with Crippen LogP contribution in [-0.2, 0) is 0 Å². The molecule has 4 nitrogen and oxygen atoms in total. The monoisotopic (exact) mass is 552 g/mol. The fourth-order valence-electron chi connectivity index (χ4n) is 6.33. The van der Waals surface area contributed by atoms with Crippen LogP contribution < -0.4 is 4.90 Å². The van der Waals surface area contributed by atoms with Crippen LogP contribution in [-0.4, -0.2) is 4.98 Å². The van der Waals surface area contributed by atoms with Gasteiger partial charge in [-0.25, -0.2) is 4.98 Å². The topological polar surface area (TPSA) is 42.4 Å². The van der Waals surface area contributed by atoms with Gasteiger partial charge in [0.05, 0.1) is 11.4 Å². The number of furan rings is 1. The highest BCUT2D eigenvalue weighted by atomic mass is 16.3. The van der Waals surface area contributed by atoms with Gasteiger partial charge in [-0.1, -0.05) is 91.0 Å². The highest BCUT2D eigenvalue weighted by Gasteiger charge is 2.21. The van der Waals surface area contributed by atoms with Crippen molar-refractivity contribution in [1.82, 2.24) is 4.98 Å². The molecular formula is C39H24N2O2. The molecule has 43 heavy (non-hydrogen) atoms. The second-order valence-corrected chi connectivity index (χ2v) is 10.8. The van der Waals surface area contributed by atoms with Gasteiger partial charge in [0, 0.05) is 38.9 Å². The SMILES string of the molecule is c1ccc2c(N(c3ccc4c(c3)oc3cccc(-c5nc6ccccc6o5)c34)c3cccc4ccccc34)cccc2c1. The van der Waals surface area contributed by atoms with E-state index in [2.05, 4.69) is 114 Å². The van der Waals surface area contributed by atoms with Crippen LogP contribution in [0.4, 0.5) is 17.1 Å². The molecular weight excluding hydrogens is 528 g/mol. The van der Waals surface area contributed by atoms with Crippen LogP contribution in [0.3, 0.4) is 0 Å². The third-order valence-corrected chi connectivity index (χ3v) is 8.28. The molecule has 9 rings (SSSR count). The van der Waals surface area contributed by atoms with Gasteiger partial charge in [0.1, 0.15) is 16.7 Å². The second-order valence-electron chi connectivity index (χ2n) is 10.8. The van der Waals surface area contributed by atoms with E-state index in [9.17, 15) is 0 Å².